The smallest absolute Gasteiger partial charge is 0.0544 e. The standard InChI is InChI=1S/C56H43N3/c1-4-5-22-50(37(2)3)59-55-35-40(38-27-31-53-48(33-38)44-20-12-14-23-51(44)57(53)42-16-8-6-9-17-42)25-29-46(55)47-30-26-41(36-56(47)59)39-28-32-54-49(34-39)45-21-13-15-24-52(45)58(54)43-18-10-7-11-19-43/h4-37H,1-3H3/b5-4-,50-22+. The van der Waals surface area contributed by atoms with E-state index in [1.54, 1.807) is 0 Å². The number of aromatic nitrogens is 3. The third-order valence-electron chi connectivity index (χ3n) is 12.1. The van der Waals surface area contributed by atoms with E-state index in [2.05, 4.69) is 235 Å². The number of rotatable bonds is 7. The minimum absolute atomic E-state index is 0.290. The lowest BCUT2D eigenvalue weighted by atomic mass is 10.00. The maximum absolute atomic E-state index is 2.52. The average molecular weight is 758 g/mol. The number of allylic oxidation sites excluding steroid dienone is 4. The van der Waals surface area contributed by atoms with Crippen molar-refractivity contribution >= 4 is 71.1 Å². The molecular formula is C56H43N3. The van der Waals surface area contributed by atoms with Gasteiger partial charge >= 0.3 is 0 Å². The molecule has 11 rings (SSSR count). The number of fused-ring (bicyclic) bond motifs is 9. The molecule has 8 aromatic carbocycles. The van der Waals surface area contributed by atoms with Gasteiger partial charge < -0.3 is 13.7 Å². The Morgan fingerprint density at radius 1 is 0.390 bits per heavy atom. The van der Waals surface area contributed by atoms with Gasteiger partial charge in [-0.2, -0.15) is 0 Å². The molecule has 0 N–H and O–H groups in total. The Hall–Kier alpha value is -7.36. The molecule has 0 amide bonds. The highest BCUT2D eigenvalue weighted by molar-refractivity contribution is 6.14. The number of para-hydroxylation sites is 4. The van der Waals surface area contributed by atoms with E-state index in [0.29, 0.717) is 5.92 Å². The maximum Gasteiger partial charge on any atom is 0.0544 e. The molecule has 0 aliphatic rings. The van der Waals surface area contributed by atoms with E-state index in [1.807, 2.05) is 0 Å². The molecule has 0 aliphatic heterocycles. The Labute approximate surface area is 344 Å². The molecule has 0 unspecified atom stereocenters. The predicted octanol–water partition coefficient (Wildman–Crippen LogP) is 15.4. The van der Waals surface area contributed by atoms with Gasteiger partial charge in [0.2, 0.25) is 0 Å². The Bertz CT molecular complexity index is 3250. The average Bonchev–Trinajstić information content (AvgIpc) is 3.91. The van der Waals surface area contributed by atoms with Crippen LogP contribution >= 0.6 is 0 Å². The fourth-order valence-corrected chi connectivity index (χ4v) is 9.39. The minimum Gasteiger partial charge on any atom is -0.313 e. The monoisotopic (exact) mass is 757 g/mol. The van der Waals surface area contributed by atoms with Gasteiger partial charge in [-0.25, -0.2) is 0 Å². The van der Waals surface area contributed by atoms with Crippen molar-refractivity contribution in [3.63, 3.8) is 0 Å². The van der Waals surface area contributed by atoms with Crippen LogP contribution < -0.4 is 0 Å². The van der Waals surface area contributed by atoms with Crippen LogP contribution in [0.5, 0.6) is 0 Å². The van der Waals surface area contributed by atoms with E-state index in [1.165, 1.54) is 105 Å². The van der Waals surface area contributed by atoms with Crippen LogP contribution in [-0.2, 0) is 0 Å². The first-order valence-electron chi connectivity index (χ1n) is 20.7. The first kappa shape index (κ1) is 34.9. The van der Waals surface area contributed by atoms with Crippen LogP contribution in [0.3, 0.4) is 0 Å². The van der Waals surface area contributed by atoms with Crippen molar-refractivity contribution in [3.8, 4) is 33.6 Å². The summed E-state index contributed by atoms with van der Waals surface area (Å²) >= 11 is 0. The summed E-state index contributed by atoms with van der Waals surface area (Å²) < 4.78 is 7.28. The van der Waals surface area contributed by atoms with Crippen molar-refractivity contribution < 1.29 is 0 Å². The first-order chi connectivity index (χ1) is 29.1. The molecule has 0 bridgehead atoms. The lowest BCUT2D eigenvalue weighted by Crippen LogP contribution is -2.03. The number of nitrogens with zero attached hydrogens (tertiary/aromatic N) is 3. The van der Waals surface area contributed by atoms with Crippen LogP contribution in [0.4, 0.5) is 0 Å². The van der Waals surface area contributed by atoms with Crippen LogP contribution in [0.2, 0.25) is 0 Å². The van der Waals surface area contributed by atoms with Gasteiger partial charge in [0.05, 0.1) is 33.1 Å². The molecular weight excluding hydrogens is 715 g/mol. The lowest BCUT2D eigenvalue weighted by molar-refractivity contribution is 0.808. The molecule has 0 saturated carbocycles. The van der Waals surface area contributed by atoms with Gasteiger partial charge in [-0.05, 0) is 114 Å². The van der Waals surface area contributed by atoms with Gasteiger partial charge in [0.25, 0.3) is 0 Å². The van der Waals surface area contributed by atoms with Gasteiger partial charge in [0.15, 0.2) is 0 Å². The van der Waals surface area contributed by atoms with Crippen LogP contribution in [0.25, 0.3) is 105 Å². The third kappa shape index (κ3) is 5.57. The molecule has 282 valence electrons. The van der Waals surface area contributed by atoms with Crippen molar-refractivity contribution in [1.82, 2.24) is 13.7 Å². The van der Waals surface area contributed by atoms with Crippen molar-refractivity contribution in [2.24, 2.45) is 5.92 Å². The van der Waals surface area contributed by atoms with Gasteiger partial charge in [-0.1, -0.05) is 135 Å². The zero-order valence-corrected chi connectivity index (χ0v) is 33.5. The lowest BCUT2D eigenvalue weighted by Gasteiger charge is -2.17. The number of hydrogen-bond acceptors (Lipinski definition) is 0. The Morgan fingerprint density at radius 3 is 1.24 bits per heavy atom. The molecule has 3 heterocycles. The number of benzene rings is 8. The second-order valence-electron chi connectivity index (χ2n) is 15.9. The van der Waals surface area contributed by atoms with Crippen molar-refractivity contribution in [3.05, 3.63) is 200 Å². The Kier molecular flexibility index (Phi) is 8.23. The second kappa shape index (κ2) is 13.9. The van der Waals surface area contributed by atoms with Crippen LogP contribution in [0, 0.1) is 5.92 Å². The molecule has 3 nitrogen and oxygen atoms in total. The van der Waals surface area contributed by atoms with Gasteiger partial charge in [0, 0.05) is 49.4 Å². The Morgan fingerprint density at radius 2 is 0.780 bits per heavy atom. The molecule has 0 aliphatic carbocycles. The summed E-state index contributed by atoms with van der Waals surface area (Å²) in [6.07, 6.45) is 6.58. The van der Waals surface area contributed by atoms with Gasteiger partial charge in [-0.3, -0.25) is 0 Å². The summed E-state index contributed by atoms with van der Waals surface area (Å²) in [4.78, 5) is 0. The van der Waals surface area contributed by atoms with E-state index in [4.69, 9.17) is 0 Å². The highest BCUT2D eigenvalue weighted by atomic mass is 15.0. The van der Waals surface area contributed by atoms with Crippen LogP contribution in [0.1, 0.15) is 20.8 Å². The van der Waals surface area contributed by atoms with E-state index in [9.17, 15) is 0 Å². The maximum atomic E-state index is 2.52. The highest BCUT2D eigenvalue weighted by Crippen LogP contribution is 2.41. The molecule has 0 radical (unpaired) electrons. The largest absolute Gasteiger partial charge is 0.313 e. The normalized spacial score (nSPS) is 12.5. The summed E-state index contributed by atoms with van der Waals surface area (Å²) in [6.45, 7) is 6.69. The SMILES string of the molecule is C/C=C\C=C(/C(C)C)n1c2cc(-c3ccc4c(c3)c3ccccc3n4-c3ccccc3)ccc2c2ccc(-c3ccc4c(c3)c3ccccc3n4-c3ccccc3)cc21. The van der Waals surface area contributed by atoms with Crippen molar-refractivity contribution in [1.29, 1.82) is 0 Å². The topological polar surface area (TPSA) is 14.8 Å². The molecule has 3 heteroatoms. The molecule has 0 atom stereocenters. The van der Waals surface area contributed by atoms with E-state index < -0.39 is 0 Å². The van der Waals surface area contributed by atoms with Crippen LogP contribution in [0.15, 0.2) is 200 Å². The zero-order chi connectivity index (χ0) is 39.6. The quantitative estimate of drug-likeness (QED) is 0.144. The molecule has 59 heavy (non-hydrogen) atoms. The summed E-state index contributed by atoms with van der Waals surface area (Å²) in [7, 11) is 0. The molecule has 0 saturated heterocycles. The van der Waals surface area contributed by atoms with Crippen molar-refractivity contribution in [2.75, 3.05) is 0 Å². The van der Waals surface area contributed by atoms with E-state index in [0.717, 1.165) is 0 Å². The Balaban J connectivity index is 1.10. The molecule has 0 spiro atoms. The molecule has 11 aromatic rings. The summed E-state index contributed by atoms with van der Waals surface area (Å²) in [5.74, 6) is 0.290. The molecule has 0 fully saturated rings. The summed E-state index contributed by atoms with van der Waals surface area (Å²) in [5, 5.41) is 7.54. The van der Waals surface area contributed by atoms with E-state index in [-0.39, 0.29) is 0 Å². The number of hydrogen-bond donors (Lipinski definition) is 0. The highest BCUT2D eigenvalue weighted by Gasteiger charge is 2.20. The fourth-order valence-electron chi connectivity index (χ4n) is 9.39. The zero-order valence-electron chi connectivity index (χ0n) is 33.5. The fraction of sp³-hybridized carbons (Fsp3) is 0.0714. The first-order valence-corrected chi connectivity index (χ1v) is 20.7. The molecule has 3 aromatic heterocycles. The minimum atomic E-state index is 0.290. The van der Waals surface area contributed by atoms with Crippen LogP contribution in [-0.4, -0.2) is 13.7 Å². The predicted molar refractivity (Wildman–Crippen MR) is 253 cm³/mol. The van der Waals surface area contributed by atoms with Gasteiger partial charge in [0.1, 0.15) is 0 Å². The summed E-state index contributed by atoms with van der Waals surface area (Å²) in [5.41, 5.74) is 15.7. The second-order valence-corrected chi connectivity index (χ2v) is 15.9. The van der Waals surface area contributed by atoms with Gasteiger partial charge in [-0.15, -0.1) is 0 Å². The van der Waals surface area contributed by atoms with E-state index >= 15 is 0 Å². The van der Waals surface area contributed by atoms with Crippen molar-refractivity contribution in [2.45, 2.75) is 20.8 Å². The third-order valence-corrected chi connectivity index (χ3v) is 12.1. The summed E-state index contributed by atoms with van der Waals surface area (Å²) in [6, 6.07) is 66.9.